The summed E-state index contributed by atoms with van der Waals surface area (Å²) in [6.07, 6.45) is 2.74. The van der Waals surface area contributed by atoms with E-state index >= 15 is 0 Å². The maximum atomic E-state index is 14.0. The number of amides is 1. The van der Waals surface area contributed by atoms with Gasteiger partial charge >= 0.3 is 0 Å². The van der Waals surface area contributed by atoms with E-state index in [0.717, 1.165) is 32.4 Å². The number of piperidine rings is 1. The van der Waals surface area contributed by atoms with E-state index in [-0.39, 0.29) is 11.7 Å². The molecule has 1 aliphatic carbocycles. The molecular formula is C20H23FN2O2. The van der Waals surface area contributed by atoms with Crippen LogP contribution in [0.15, 0.2) is 34.9 Å². The number of benzene rings is 1. The average molecular weight is 342 g/mol. The second-order valence-electron chi connectivity index (χ2n) is 7.79. The lowest BCUT2D eigenvalue weighted by Crippen LogP contribution is -2.47. The number of likely N-dealkylation sites (tertiary alicyclic amines) is 1. The molecular weight excluding hydrogens is 319 g/mol. The number of aromatic nitrogens is 1. The molecule has 2 unspecified atom stereocenters. The van der Waals surface area contributed by atoms with Crippen LogP contribution < -0.4 is 0 Å². The van der Waals surface area contributed by atoms with E-state index in [9.17, 15) is 9.18 Å². The predicted octanol–water partition coefficient (Wildman–Crippen LogP) is 4.02. The monoisotopic (exact) mass is 342 g/mol. The molecule has 4 nitrogen and oxygen atoms in total. The van der Waals surface area contributed by atoms with Gasteiger partial charge in [0.15, 0.2) is 5.76 Å². The van der Waals surface area contributed by atoms with Crippen molar-refractivity contribution in [3.8, 4) is 11.3 Å². The van der Waals surface area contributed by atoms with Gasteiger partial charge in [-0.3, -0.25) is 4.79 Å². The number of hydrogen-bond donors (Lipinski definition) is 0. The smallest absolute Gasteiger partial charge is 0.234 e. The molecule has 1 saturated heterocycles. The second-order valence-corrected chi connectivity index (χ2v) is 7.79. The molecule has 25 heavy (non-hydrogen) atoms. The first kappa shape index (κ1) is 16.3. The SMILES string of the molecule is CC1CC(C)CN(C(=O)C2(c3cc(-c4ccccc4F)on3)CC2)C1. The standard InChI is InChI=1S/C20H23FN2O2/c1-13-9-14(2)12-23(11-13)19(24)20(7-8-20)18-10-17(25-22-18)15-5-3-4-6-16(15)21/h3-6,10,13-14H,7-9,11-12H2,1-2H3. The Bertz CT molecular complexity index is 786. The van der Waals surface area contributed by atoms with Crippen LogP contribution in [0.5, 0.6) is 0 Å². The van der Waals surface area contributed by atoms with Gasteiger partial charge in [-0.05, 0) is 43.2 Å². The summed E-state index contributed by atoms with van der Waals surface area (Å²) in [6, 6.07) is 8.19. The van der Waals surface area contributed by atoms with E-state index in [1.807, 2.05) is 4.90 Å². The molecule has 0 spiro atoms. The Morgan fingerprint density at radius 2 is 1.92 bits per heavy atom. The van der Waals surface area contributed by atoms with E-state index < -0.39 is 5.41 Å². The molecule has 5 heteroatoms. The number of hydrogen-bond acceptors (Lipinski definition) is 3. The number of nitrogens with zero attached hydrogens (tertiary/aromatic N) is 2. The van der Waals surface area contributed by atoms with Gasteiger partial charge < -0.3 is 9.42 Å². The third-order valence-electron chi connectivity index (χ3n) is 5.46. The van der Waals surface area contributed by atoms with Gasteiger partial charge in [-0.25, -0.2) is 4.39 Å². The topological polar surface area (TPSA) is 46.3 Å². The van der Waals surface area contributed by atoms with Crippen molar-refractivity contribution in [2.45, 2.75) is 38.5 Å². The molecule has 1 aliphatic heterocycles. The van der Waals surface area contributed by atoms with Gasteiger partial charge in [0, 0.05) is 19.2 Å². The van der Waals surface area contributed by atoms with Crippen molar-refractivity contribution in [3.63, 3.8) is 0 Å². The Morgan fingerprint density at radius 1 is 1.24 bits per heavy atom. The molecule has 2 fully saturated rings. The summed E-state index contributed by atoms with van der Waals surface area (Å²) < 4.78 is 19.3. The molecule has 0 N–H and O–H groups in total. The van der Waals surface area contributed by atoms with Crippen molar-refractivity contribution in [2.75, 3.05) is 13.1 Å². The van der Waals surface area contributed by atoms with Crippen molar-refractivity contribution < 1.29 is 13.7 Å². The summed E-state index contributed by atoms with van der Waals surface area (Å²) in [5.41, 5.74) is 0.454. The lowest BCUT2D eigenvalue weighted by Gasteiger charge is -2.36. The molecule has 2 heterocycles. The predicted molar refractivity (Wildman–Crippen MR) is 92.3 cm³/mol. The zero-order chi connectivity index (χ0) is 17.6. The fourth-order valence-electron chi connectivity index (χ4n) is 4.12. The number of rotatable bonds is 3. The average Bonchev–Trinajstić information content (AvgIpc) is 3.24. The van der Waals surface area contributed by atoms with Gasteiger partial charge in [-0.15, -0.1) is 0 Å². The molecule has 0 radical (unpaired) electrons. The van der Waals surface area contributed by atoms with Gasteiger partial charge in [-0.1, -0.05) is 31.1 Å². The zero-order valence-corrected chi connectivity index (χ0v) is 14.7. The van der Waals surface area contributed by atoms with Crippen LogP contribution in [0.4, 0.5) is 4.39 Å². The Morgan fingerprint density at radius 3 is 2.56 bits per heavy atom. The molecule has 1 amide bonds. The summed E-state index contributed by atoms with van der Waals surface area (Å²) in [6.45, 7) is 6.01. The maximum Gasteiger partial charge on any atom is 0.234 e. The maximum absolute atomic E-state index is 14.0. The van der Waals surface area contributed by atoms with Crippen molar-refractivity contribution >= 4 is 5.91 Å². The molecule has 2 aromatic rings. The van der Waals surface area contributed by atoms with E-state index in [1.165, 1.54) is 6.07 Å². The van der Waals surface area contributed by atoms with Crippen LogP contribution in [0, 0.1) is 17.7 Å². The summed E-state index contributed by atoms with van der Waals surface area (Å²) in [4.78, 5) is 15.1. The molecule has 132 valence electrons. The largest absolute Gasteiger partial charge is 0.356 e. The van der Waals surface area contributed by atoms with E-state index in [4.69, 9.17) is 4.52 Å². The van der Waals surface area contributed by atoms with Crippen LogP contribution in [0.3, 0.4) is 0 Å². The Hall–Kier alpha value is -2.17. The minimum Gasteiger partial charge on any atom is -0.356 e. The molecule has 0 bridgehead atoms. The second kappa shape index (κ2) is 5.97. The molecule has 4 rings (SSSR count). The van der Waals surface area contributed by atoms with Crippen molar-refractivity contribution in [3.05, 3.63) is 41.8 Å². The summed E-state index contributed by atoms with van der Waals surface area (Å²) in [5, 5.41) is 4.13. The van der Waals surface area contributed by atoms with Crippen LogP contribution in [0.2, 0.25) is 0 Å². The van der Waals surface area contributed by atoms with Crippen LogP contribution in [-0.4, -0.2) is 29.1 Å². The van der Waals surface area contributed by atoms with E-state index in [0.29, 0.717) is 28.9 Å². The number of carbonyl (C=O) groups is 1. The minimum atomic E-state index is -0.566. The summed E-state index contributed by atoms with van der Waals surface area (Å²) >= 11 is 0. The Kier molecular flexibility index (Phi) is 3.89. The fraction of sp³-hybridized carbons (Fsp3) is 0.500. The van der Waals surface area contributed by atoms with Gasteiger partial charge in [-0.2, -0.15) is 0 Å². The highest BCUT2D eigenvalue weighted by Gasteiger charge is 2.55. The van der Waals surface area contributed by atoms with E-state index in [1.54, 1.807) is 24.3 Å². The zero-order valence-electron chi connectivity index (χ0n) is 14.7. The van der Waals surface area contributed by atoms with Crippen molar-refractivity contribution in [2.24, 2.45) is 11.8 Å². The highest BCUT2D eigenvalue weighted by atomic mass is 19.1. The fourth-order valence-corrected chi connectivity index (χ4v) is 4.12. The molecule has 1 saturated carbocycles. The van der Waals surface area contributed by atoms with Crippen LogP contribution in [-0.2, 0) is 10.2 Å². The highest BCUT2D eigenvalue weighted by molar-refractivity contribution is 5.91. The quantitative estimate of drug-likeness (QED) is 0.846. The Labute approximate surface area is 147 Å². The van der Waals surface area contributed by atoms with Crippen LogP contribution in [0.25, 0.3) is 11.3 Å². The Balaban J connectivity index is 1.59. The lowest BCUT2D eigenvalue weighted by molar-refractivity contribution is -0.136. The number of carbonyl (C=O) groups excluding carboxylic acids is 1. The first-order valence-electron chi connectivity index (χ1n) is 9.01. The molecule has 1 aromatic carbocycles. The van der Waals surface area contributed by atoms with Crippen LogP contribution in [0.1, 0.15) is 38.8 Å². The third-order valence-corrected chi connectivity index (χ3v) is 5.46. The first-order chi connectivity index (χ1) is 12.0. The minimum absolute atomic E-state index is 0.152. The molecule has 2 aliphatic rings. The number of halogens is 1. The summed E-state index contributed by atoms with van der Waals surface area (Å²) in [7, 11) is 0. The van der Waals surface area contributed by atoms with Crippen LogP contribution >= 0.6 is 0 Å². The van der Waals surface area contributed by atoms with Gasteiger partial charge in [0.1, 0.15) is 5.82 Å². The molecule has 2 atom stereocenters. The normalized spacial score (nSPS) is 25.0. The van der Waals surface area contributed by atoms with E-state index in [2.05, 4.69) is 19.0 Å². The van der Waals surface area contributed by atoms with Crippen molar-refractivity contribution in [1.82, 2.24) is 10.1 Å². The lowest BCUT2D eigenvalue weighted by atomic mass is 9.90. The van der Waals surface area contributed by atoms with Gasteiger partial charge in [0.25, 0.3) is 0 Å². The molecule has 1 aromatic heterocycles. The first-order valence-corrected chi connectivity index (χ1v) is 9.01. The third kappa shape index (κ3) is 2.86. The van der Waals surface area contributed by atoms with Gasteiger partial charge in [0.2, 0.25) is 5.91 Å². The summed E-state index contributed by atoms with van der Waals surface area (Å²) in [5.74, 6) is 1.23. The van der Waals surface area contributed by atoms with Crippen molar-refractivity contribution in [1.29, 1.82) is 0 Å². The highest BCUT2D eigenvalue weighted by Crippen LogP contribution is 2.50. The van der Waals surface area contributed by atoms with Gasteiger partial charge in [0.05, 0.1) is 16.7 Å².